The highest BCUT2D eigenvalue weighted by atomic mass is 15.3. The molecule has 1 aliphatic rings. The summed E-state index contributed by atoms with van der Waals surface area (Å²) >= 11 is 0. The summed E-state index contributed by atoms with van der Waals surface area (Å²) in [6.07, 6.45) is 5.33. The molecule has 0 spiro atoms. The molecular weight excluding hydrogens is 182 g/mol. The fourth-order valence-electron chi connectivity index (χ4n) is 3.74. The maximum atomic E-state index is 2.74. The van der Waals surface area contributed by atoms with E-state index >= 15 is 0 Å². The normalized spacial score (nSPS) is 26.8. The molecule has 0 radical (unpaired) electrons. The average Bonchev–Trinajstić information content (AvgIpc) is 1.98. The highest BCUT2D eigenvalue weighted by Crippen LogP contribution is 2.41. The predicted octanol–water partition coefficient (Wildman–Crippen LogP) is 4.08. The fraction of sp³-hybridized carbons (Fsp3) is 1.00. The quantitative estimate of drug-likeness (QED) is 0.680. The molecule has 0 bridgehead atoms. The van der Waals surface area contributed by atoms with Crippen molar-refractivity contribution in [2.75, 3.05) is 6.54 Å². The highest BCUT2D eigenvalue weighted by molar-refractivity contribution is 4.98. The molecule has 0 aromatic rings. The van der Waals surface area contributed by atoms with Crippen LogP contribution in [-0.4, -0.2) is 22.5 Å². The van der Waals surface area contributed by atoms with E-state index in [4.69, 9.17) is 0 Å². The molecule has 1 rings (SSSR count). The van der Waals surface area contributed by atoms with Gasteiger partial charge in [-0.3, -0.25) is 4.90 Å². The zero-order valence-corrected chi connectivity index (χ0v) is 11.6. The molecule has 1 heterocycles. The molecule has 0 saturated carbocycles. The molecule has 1 heteroatoms. The van der Waals surface area contributed by atoms with E-state index < -0.39 is 0 Å². The van der Waals surface area contributed by atoms with Gasteiger partial charge in [0.2, 0.25) is 0 Å². The second kappa shape index (κ2) is 4.45. The van der Waals surface area contributed by atoms with E-state index in [9.17, 15) is 0 Å². The summed E-state index contributed by atoms with van der Waals surface area (Å²) in [4.78, 5) is 2.74. The number of likely N-dealkylation sites (tertiary alicyclic amines) is 1. The van der Waals surface area contributed by atoms with Crippen LogP contribution >= 0.6 is 0 Å². The summed E-state index contributed by atoms with van der Waals surface area (Å²) in [6, 6.07) is 0. The first-order valence-corrected chi connectivity index (χ1v) is 6.57. The van der Waals surface area contributed by atoms with Crippen molar-refractivity contribution < 1.29 is 0 Å². The first kappa shape index (κ1) is 13.0. The maximum absolute atomic E-state index is 2.74. The van der Waals surface area contributed by atoms with Gasteiger partial charge in [-0.1, -0.05) is 20.3 Å². The molecule has 0 aromatic carbocycles. The number of hydrogen-bond acceptors (Lipinski definition) is 1. The van der Waals surface area contributed by atoms with Crippen molar-refractivity contribution in [3.8, 4) is 0 Å². The summed E-state index contributed by atoms with van der Waals surface area (Å²) in [5, 5.41) is 0. The lowest BCUT2D eigenvalue weighted by molar-refractivity contribution is -0.0481. The van der Waals surface area contributed by atoms with Crippen LogP contribution in [0.4, 0.5) is 0 Å². The summed E-state index contributed by atoms with van der Waals surface area (Å²) in [5.41, 5.74) is 0.771. The zero-order valence-electron chi connectivity index (χ0n) is 11.6. The van der Waals surface area contributed by atoms with Gasteiger partial charge < -0.3 is 0 Å². The molecule has 15 heavy (non-hydrogen) atoms. The minimum atomic E-state index is 0.385. The zero-order chi connectivity index (χ0) is 11.7. The molecule has 1 nitrogen and oxygen atoms in total. The molecular formula is C14H29N. The van der Waals surface area contributed by atoms with Crippen LogP contribution in [0, 0.1) is 5.92 Å². The lowest BCUT2D eigenvalue weighted by Crippen LogP contribution is -2.60. The minimum Gasteiger partial charge on any atom is -0.293 e. The van der Waals surface area contributed by atoms with Crippen LogP contribution in [0.5, 0.6) is 0 Å². The number of rotatable bonds is 3. The second-order valence-electron chi connectivity index (χ2n) is 6.64. The molecule has 0 unspecified atom stereocenters. The molecule has 1 aliphatic heterocycles. The summed E-state index contributed by atoms with van der Waals surface area (Å²) in [5.74, 6) is 0.868. The van der Waals surface area contributed by atoms with Gasteiger partial charge in [-0.05, 0) is 59.4 Å². The van der Waals surface area contributed by atoms with Crippen molar-refractivity contribution >= 4 is 0 Å². The van der Waals surface area contributed by atoms with Crippen LogP contribution < -0.4 is 0 Å². The Morgan fingerprint density at radius 2 is 1.53 bits per heavy atom. The highest BCUT2D eigenvalue weighted by Gasteiger charge is 2.43. The van der Waals surface area contributed by atoms with Crippen LogP contribution in [0.3, 0.4) is 0 Å². The van der Waals surface area contributed by atoms with Gasteiger partial charge in [0.25, 0.3) is 0 Å². The number of unbranched alkanes of at least 4 members (excludes halogenated alkanes) is 1. The van der Waals surface area contributed by atoms with E-state index in [1.165, 1.54) is 32.2 Å². The predicted molar refractivity (Wildman–Crippen MR) is 68.2 cm³/mol. The van der Waals surface area contributed by atoms with Gasteiger partial charge in [0.05, 0.1) is 0 Å². The first-order chi connectivity index (χ1) is 6.79. The molecule has 1 fully saturated rings. The van der Waals surface area contributed by atoms with Crippen molar-refractivity contribution in [1.29, 1.82) is 0 Å². The van der Waals surface area contributed by atoms with Crippen LogP contribution in [0.25, 0.3) is 0 Å². The standard InChI is InChI=1S/C14H29N/c1-7-8-9-15-13(3,4)10-12(2)11-14(15,5)6/h12H,7-11H2,1-6H3. The van der Waals surface area contributed by atoms with E-state index in [0.29, 0.717) is 11.1 Å². The van der Waals surface area contributed by atoms with Crippen LogP contribution in [0.1, 0.15) is 67.2 Å². The monoisotopic (exact) mass is 211 g/mol. The van der Waals surface area contributed by atoms with Crippen LogP contribution in [-0.2, 0) is 0 Å². The lowest BCUT2D eigenvalue weighted by atomic mass is 9.74. The number of hydrogen-bond donors (Lipinski definition) is 0. The Morgan fingerprint density at radius 1 is 1.07 bits per heavy atom. The van der Waals surface area contributed by atoms with Crippen LogP contribution in [0.15, 0.2) is 0 Å². The van der Waals surface area contributed by atoms with Crippen molar-refractivity contribution in [1.82, 2.24) is 4.90 Å². The van der Waals surface area contributed by atoms with Gasteiger partial charge >= 0.3 is 0 Å². The third kappa shape index (κ3) is 2.96. The third-order valence-electron chi connectivity index (χ3n) is 3.89. The Balaban J connectivity index is 2.77. The molecule has 90 valence electrons. The Labute approximate surface area is 96.2 Å². The Kier molecular flexibility index (Phi) is 3.86. The summed E-state index contributed by atoms with van der Waals surface area (Å²) in [6.45, 7) is 15.6. The molecule has 0 N–H and O–H groups in total. The first-order valence-electron chi connectivity index (χ1n) is 6.57. The Hall–Kier alpha value is -0.0400. The van der Waals surface area contributed by atoms with Crippen molar-refractivity contribution in [3.05, 3.63) is 0 Å². The van der Waals surface area contributed by atoms with Crippen LogP contribution in [0.2, 0.25) is 0 Å². The van der Waals surface area contributed by atoms with Gasteiger partial charge in [0, 0.05) is 11.1 Å². The number of nitrogens with zero attached hydrogens (tertiary/aromatic N) is 1. The van der Waals surface area contributed by atoms with Gasteiger partial charge in [-0.15, -0.1) is 0 Å². The SMILES string of the molecule is CCCCN1C(C)(C)CC(C)CC1(C)C. The minimum absolute atomic E-state index is 0.385. The Morgan fingerprint density at radius 3 is 1.93 bits per heavy atom. The number of piperidine rings is 1. The van der Waals surface area contributed by atoms with E-state index in [1.54, 1.807) is 0 Å². The average molecular weight is 211 g/mol. The fourth-order valence-corrected chi connectivity index (χ4v) is 3.74. The van der Waals surface area contributed by atoms with Gasteiger partial charge in [-0.2, -0.15) is 0 Å². The van der Waals surface area contributed by atoms with Gasteiger partial charge in [0.1, 0.15) is 0 Å². The molecule has 0 atom stereocenters. The largest absolute Gasteiger partial charge is 0.293 e. The molecule has 0 aromatic heterocycles. The maximum Gasteiger partial charge on any atom is 0.0161 e. The smallest absolute Gasteiger partial charge is 0.0161 e. The van der Waals surface area contributed by atoms with E-state index in [1.807, 2.05) is 0 Å². The Bertz CT molecular complexity index is 187. The molecule has 0 amide bonds. The van der Waals surface area contributed by atoms with Crippen molar-refractivity contribution in [2.24, 2.45) is 5.92 Å². The summed E-state index contributed by atoms with van der Waals surface area (Å²) in [7, 11) is 0. The van der Waals surface area contributed by atoms with E-state index in [-0.39, 0.29) is 0 Å². The van der Waals surface area contributed by atoms with Crippen molar-refractivity contribution in [3.63, 3.8) is 0 Å². The van der Waals surface area contributed by atoms with Gasteiger partial charge in [-0.25, -0.2) is 0 Å². The second-order valence-corrected chi connectivity index (χ2v) is 6.64. The van der Waals surface area contributed by atoms with E-state index in [0.717, 1.165) is 5.92 Å². The molecule has 0 aliphatic carbocycles. The lowest BCUT2D eigenvalue weighted by Gasteiger charge is -2.55. The van der Waals surface area contributed by atoms with E-state index in [2.05, 4.69) is 46.4 Å². The third-order valence-corrected chi connectivity index (χ3v) is 3.89. The molecule has 1 saturated heterocycles. The topological polar surface area (TPSA) is 3.24 Å². The van der Waals surface area contributed by atoms with Gasteiger partial charge in [0.15, 0.2) is 0 Å². The van der Waals surface area contributed by atoms with Crippen molar-refractivity contribution in [2.45, 2.75) is 78.3 Å². The summed E-state index contributed by atoms with van der Waals surface area (Å²) < 4.78 is 0.